The number of aromatic nitrogens is 4. The van der Waals surface area contributed by atoms with Gasteiger partial charge in [0.05, 0.1) is 11.4 Å². The van der Waals surface area contributed by atoms with Gasteiger partial charge in [0.2, 0.25) is 0 Å². The zero-order valence-electron chi connectivity index (χ0n) is 16.9. The summed E-state index contributed by atoms with van der Waals surface area (Å²) in [6.45, 7) is 11.5. The fraction of sp³-hybridized carbons (Fsp3) is 0.409. The Morgan fingerprint density at radius 2 is 1.93 bits per heavy atom. The lowest BCUT2D eigenvalue weighted by Gasteiger charge is -2.18. The van der Waals surface area contributed by atoms with E-state index in [1.807, 2.05) is 35.4 Å². The molecule has 3 aromatic rings. The average molecular weight is 364 g/mol. The molecule has 0 unspecified atom stereocenters. The minimum Gasteiger partial charge on any atom is -0.313 e. The summed E-state index contributed by atoms with van der Waals surface area (Å²) in [4.78, 5) is 16.6. The summed E-state index contributed by atoms with van der Waals surface area (Å²) < 4.78 is 3.54. The Labute approximate surface area is 160 Å². The van der Waals surface area contributed by atoms with E-state index >= 15 is 0 Å². The van der Waals surface area contributed by atoms with E-state index in [1.54, 1.807) is 10.6 Å². The van der Waals surface area contributed by atoms with E-state index in [1.165, 1.54) is 5.56 Å². The van der Waals surface area contributed by atoms with Crippen molar-refractivity contribution in [2.24, 2.45) is 5.41 Å². The van der Waals surface area contributed by atoms with E-state index in [2.05, 4.69) is 45.7 Å². The third-order valence-corrected chi connectivity index (χ3v) is 4.44. The van der Waals surface area contributed by atoms with Crippen molar-refractivity contribution in [2.75, 3.05) is 0 Å². The fourth-order valence-corrected chi connectivity index (χ4v) is 3.20. The van der Waals surface area contributed by atoms with Crippen molar-refractivity contribution in [3.8, 4) is 16.9 Å². The van der Waals surface area contributed by atoms with Crippen LogP contribution < -0.4 is 5.56 Å². The van der Waals surface area contributed by atoms with E-state index in [9.17, 15) is 4.79 Å². The maximum absolute atomic E-state index is 11.9. The molecular formula is C22H28N4O. The molecular weight excluding hydrogens is 336 g/mol. The Morgan fingerprint density at radius 3 is 2.59 bits per heavy atom. The molecule has 0 aliphatic carbocycles. The molecule has 27 heavy (non-hydrogen) atoms. The number of pyridine rings is 2. The van der Waals surface area contributed by atoms with E-state index in [0.717, 1.165) is 35.5 Å². The third kappa shape index (κ3) is 4.54. The van der Waals surface area contributed by atoms with Gasteiger partial charge in [0.1, 0.15) is 0 Å². The number of hydrogen-bond donors (Lipinski definition) is 0. The molecule has 0 aliphatic heterocycles. The molecule has 0 atom stereocenters. The van der Waals surface area contributed by atoms with Crippen molar-refractivity contribution in [1.29, 1.82) is 0 Å². The summed E-state index contributed by atoms with van der Waals surface area (Å²) in [6.07, 6.45) is 7.57. The van der Waals surface area contributed by atoms with E-state index < -0.39 is 0 Å². The molecule has 0 aliphatic rings. The molecule has 3 heterocycles. The first-order valence-electron chi connectivity index (χ1n) is 9.49. The van der Waals surface area contributed by atoms with Crippen molar-refractivity contribution in [1.82, 2.24) is 19.3 Å². The van der Waals surface area contributed by atoms with Gasteiger partial charge in [-0.3, -0.25) is 9.78 Å². The summed E-state index contributed by atoms with van der Waals surface area (Å²) in [7, 11) is 0. The summed E-state index contributed by atoms with van der Waals surface area (Å²) in [6, 6.07) is 7.55. The average Bonchev–Trinajstić information content (AvgIpc) is 3.05. The van der Waals surface area contributed by atoms with Gasteiger partial charge in [-0.2, -0.15) is 5.10 Å². The van der Waals surface area contributed by atoms with E-state index in [0.29, 0.717) is 6.54 Å². The predicted molar refractivity (Wildman–Crippen MR) is 109 cm³/mol. The van der Waals surface area contributed by atoms with Crippen molar-refractivity contribution in [2.45, 2.75) is 54.0 Å². The lowest BCUT2D eigenvalue weighted by atomic mass is 9.89. The molecule has 0 fully saturated rings. The summed E-state index contributed by atoms with van der Waals surface area (Å²) in [5.41, 5.74) is 5.31. The molecule has 0 saturated heterocycles. The molecule has 0 aromatic carbocycles. The normalized spacial score (nSPS) is 11.7. The fourth-order valence-electron chi connectivity index (χ4n) is 3.20. The van der Waals surface area contributed by atoms with Gasteiger partial charge in [-0.15, -0.1) is 0 Å². The van der Waals surface area contributed by atoms with E-state index in [-0.39, 0.29) is 11.0 Å². The van der Waals surface area contributed by atoms with Crippen molar-refractivity contribution < 1.29 is 0 Å². The van der Waals surface area contributed by atoms with Gasteiger partial charge in [0.15, 0.2) is 0 Å². The zero-order chi connectivity index (χ0) is 19.6. The Balaban J connectivity index is 1.90. The first-order valence-corrected chi connectivity index (χ1v) is 9.49. The van der Waals surface area contributed by atoms with Crippen LogP contribution in [0.1, 0.15) is 45.4 Å². The van der Waals surface area contributed by atoms with Crippen LogP contribution in [-0.2, 0) is 13.0 Å². The molecule has 3 rings (SSSR count). The van der Waals surface area contributed by atoms with Gasteiger partial charge in [0, 0.05) is 42.5 Å². The van der Waals surface area contributed by atoms with Gasteiger partial charge < -0.3 is 4.57 Å². The molecule has 0 saturated carbocycles. The highest BCUT2D eigenvalue weighted by Gasteiger charge is 2.14. The van der Waals surface area contributed by atoms with Gasteiger partial charge in [-0.05, 0) is 48.9 Å². The lowest BCUT2D eigenvalue weighted by molar-refractivity contribution is 0.406. The van der Waals surface area contributed by atoms with Crippen LogP contribution in [0.5, 0.6) is 0 Å². The Kier molecular flexibility index (Phi) is 5.31. The number of aryl methyl sites for hydroxylation is 2. The highest BCUT2D eigenvalue weighted by molar-refractivity contribution is 5.62. The Morgan fingerprint density at radius 1 is 1.15 bits per heavy atom. The number of hydrogen-bond acceptors (Lipinski definition) is 3. The van der Waals surface area contributed by atoms with Crippen LogP contribution in [0.3, 0.4) is 0 Å². The first-order chi connectivity index (χ1) is 12.8. The Bertz CT molecular complexity index is 992. The molecule has 5 heteroatoms. The topological polar surface area (TPSA) is 52.7 Å². The SMILES string of the molecule is CCCn1cc(-n2ccc(-c3cnc(CC(C)(C)C)cc3C)n2)ccc1=O. The van der Waals surface area contributed by atoms with Gasteiger partial charge in [0.25, 0.3) is 5.56 Å². The molecule has 0 N–H and O–H groups in total. The third-order valence-electron chi connectivity index (χ3n) is 4.44. The predicted octanol–water partition coefficient (Wildman–Crippen LogP) is 4.40. The number of nitrogens with zero attached hydrogens (tertiary/aromatic N) is 4. The molecule has 0 spiro atoms. The van der Waals surface area contributed by atoms with Gasteiger partial charge in [-0.1, -0.05) is 27.7 Å². The van der Waals surface area contributed by atoms with E-state index in [4.69, 9.17) is 5.10 Å². The maximum Gasteiger partial charge on any atom is 0.250 e. The molecule has 0 radical (unpaired) electrons. The van der Waals surface area contributed by atoms with Crippen LogP contribution in [0.25, 0.3) is 16.9 Å². The molecule has 0 bridgehead atoms. The smallest absolute Gasteiger partial charge is 0.250 e. The number of rotatable bonds is 5. The zero-order valence-corrected chi connectivity index (χ0v) is 16.9. The van der Waals surface area contributed by atoms with Crippen LogP contribution in [-0.4, -0.2) is 19.3 Å². The second kappa shape index (κ2) is 7.51. The van der Waals surface area contributed by atoms with Crippen LogP contribution in [0.4, 0.5) is 0 Å². The summed E-state index contributed by atoms with van der Waals surface area (Å²) >= 11 is 0. The van der Waals surface area contributed by atoms with Gasteiger partial charge in [-0.25, -0.2) is 4.68 Å². The minimum absolute atomic E-state index is 0.0162. The second-order valence-corrected chi connectivity index (χ2v) is 8.29. The van der Waals surface area contributed by atoms with Crippen LogP contribution in [0.2, 0.25) is 0 Å². The summed E-state index contributed by atoms with van der Waals surface area (Å²) in [5, 5.41) is 4.71. The maximum atomic E-state index is 11.9. The molecule has 0 amide bonds. The van der Waals surface area contributed by atoms with Crippen molar-refractivity contribution in [3.63, 3.8) is 0 Å². The quantitative estimate of drug-likeness (QED) is 0.674. The largest absolute Gasteiger partial charge is 0.313 e. The van der Waals surface area contributed by atoms with Crippen molar-refractivity contribution >= 4 is 0 Å². The molecule has 3 aromatic heterocycles. The highest BCUT2D eigenvalue weighted by Crippen LogP contribution is 2.25. The van der Waals surface area contributed by atoms with Crippen LogP contribution in [0.15, 0.2) is 47.7 Å². The molecule has 142 valence electrons. The second-order valence-electron chi connectivity index (χ2n) is 8.29. The van der Waals surface area contributed by atoms with Crippen LogP contribution >= 0.6 is 0 Å². The lowest BCUT2D eigenvalue weighted by Crippen LogP contribution is -2.19. The first kappa shape index (κ1) is 19.1. The molecule has 5 nitrogen and oxygen atoms in total. The monoisotopic (exact) mass is 364 g/mol. The Hall–Kier alpha value is -2.69. The minimum atomic E-state index is 0.0162. The van der Waals surface area contributed by atoms with Gasteiger partial charge >= 0.3 is 0 Å². The summed E-state index contributed by atoms with van der Waals surface area (Å²) in [5.74, 6) is 0. The van der Waals surface area contributed by atoms with Crippen LogP contribution in [0, 0.1) is 12.3 Å². The van der Waals surface area contributed by atoms with Crippen molar-refractivity contribution in [3.05, 3.63) is 64.5 Å². The standard InChI is InChI=1S/C22H28N4O/c1-6-10-25-15-18(7-8-21(25)27)26-11-9-20(24-26)19-14-23-17(12-16(19)2)13-22(3,4)5/h7-9,11-12,14-15H,6,10,13H2,1-5H3. The highest BCUT2D eigenvalue weighted by atomic mass is 16.1.